The van der Waals surface area contributed by atoms with Crippen LogP contribution in [0.5, 0.6) is 5.75 Å². The van der Waals surface area contributed by atoms with Crippen molar-refractivity contribution < 1.29 is 33.0 Å². The molecule has 7 nitrogen and oxygen atoms in total. The number of rotatable bonds is 5. The average molecular weight is 492 g/mol. The maximum Gasteiger partial charge on any atom is 0.328 e. The van der Waals surface area contributed by atoms with E-state index in [0.717, 1.165) is 0 Å². The maximum atomic E-state index is 14.9. The number of nitrogens with zero attached hydrogens (tertiary/aromatic N) is 1. The fraction of sp³-hybridized carbons (Fsp3) is 0.148. The maximum absolute atomic E-state index is 14.9. The van der Waals surface area contributed by atoms with Crippen molar-refractivity contribution in [3.63, 3.8) is 0 Å². The van der Waals surface area contributed by atoms with E-state index < -0.39 is 29.8 Å². The van der Waals surface area contributed by atoms with Gasteiger partial charge in [-0.1, -0.05) is 24.3 Å². The normalized spacial score (nSPS) is 15.5. The number of carbonyl (C=O) groups excluding carboxylic acids is 2. The minimum Gasteiger partial charge on any atom is -0.497 e. The van der Waals surface area contributed by atoms with Crippen molar-refractivity contribution >= 4 is 34.7 Å². The van der Waals surface area contributed by atoms with E-state index in [4.69, 9.17) is 9.84 Å². The van der Waals surface area contributed by atoms with E-state index in [-0.39, 0.29) is 29.3 Å². The van der Waals surface area contributed by atoms with Gasteiger partial charge >= 0.3 is 5.97 Å². The Morgan fingerprint density at radius 2 is 1.72 bits per heavy atom. The summed E-state index contributed by atoms with van der Waals surface area (Å²) in [5.74, 6) is -5.29. The zero-order chi connectivity index (χ0) is 25.9. The van der Waals surface area contributed by atoms with E-state index in [2.05, 4.69) is 5.32 Å². The van der Waals surface area contributed by atoms with Gasteiger partial charge in [0.25, 0.3) is 17.7 Å². The van der Waals surface area contributed by atoms with Crippen molar-refractivity contribution in [1.29, 1.82) is 0 Å². The molecule has 0 fully saturated rings. The van der Waals surface area contributed by atoms with Crippen molar-refractivity contribution in [2.24, 2.45) is 0 Å². The zero-order valence-electron chi connectivity index (χ0n) is 19.2. The van der Waals surface area contributed by atoms with Crippen LogP contribution in [0.2, 0.25) is 0 Å². The van der Waals surface area contributed by atoms with Crippen LogP contribution in [-0.4, -0.2) is 42.5 Å². The lowest BCUT2D eigenvalue weighted by atomic mass is 9.97. The molecule has 3 aromatic carbocycles. The van der Waals surface area contributed by atoms with Crippen LogP contribution in [0.15, 0.2) is 78.9 Å². The number of amides is 2. The summed E-state index contributed by atoms with van der Waals surface area (Å²) in [6, 6.07) is 18.7. The third kappa shape index (κ3) is 5.10. The molecule has 9 heteroatoms. The number of benzene rings is 3. The number of ether oxygens (including phenoxy) is 1. The molecule has 0 saturated heterocycles. The number of halogens is 2. The van der Waals surface area contributed by atoms with Gasteiger partial charge in [0.15, 0.2) is 0 Å². The number of carboxylic acids is 1. The molecule has 3 aromatic rings. The van der Waals surface area contributed by atoms with Gasteiger partial charge in [0.1, 0.15) is 5.75 Å². The van der Waals surface area contributed by atoms with Crippen molar-refractivity contribution in [3.8, 4) is 5.75 Å². The second kappa shape index (κ2) is 9.99. The van der Waals surface area contributed by atoms with Crippen LogP contribution in [0, 0.1) is 0 Å². The number of hydrogen-bond donors (Lipinski definition) is 2. The van der Waals surface area contributed by atoms with Gasteiger partial charge in [-0.25, -0.2) is 13.6 Å². The van der Waals surface area contributed by atoms with Crippen LogP contribution in [0.3, 0.4) is 0 Å². The fourth-order valence-electron chi connectivity index (χ4n) is 3.98. The number of carbonyl (C=O) groups is 3. The standard InChI is InChI=1S/C27H22F2N2O5/c1-36-20-6-4-5-18(15-20)25(34)30-19-11-9-17(10-12-19)26(35)31-14-13-27(28,29)22(16-24(32)33)21-7-2-3-8-23(21)31/h2-12,15-16H,13-14H2,1H3,(H,30,34)(H,32,33)/b22-16-. The Morgan fingerprint density at radius 3 is 2.42 bits per heavy atom. The molecule has 0 spiro atoms. The van der Waals surface area contributed by atoms with Gasteiger partial charge in [0.2, 0.25) is 0 Å². The molecule has 0 aliphatic carbocycles. The van der Waals surface area contributed by atoms with Gasteiger partial charge in [-0.05, 0) is 48.5 Å². The molecular weight excluding hydrogens is 470 g/mol. The molecule has 4 rings (SSSR count). The lowest BCUT2D eigenvalue weighted by Gasteiger charge is -2.23. The van der Waals surface area contributed by atoms with Crippen LogP contribution in [0.25, 0.3) is 5.57 Å². The molecule has 0 saturated carbocycles. The summed E-state index contributed by atoms with van der Waals surface area (Å²) in [7, 11) is 1.50. The molecule has 0 unspecified atom stereocenters. The summed E-state index contributed by atoms with van der Waals surface area (Å²) in [6.07, 6.45) is -0.242. The number of methoxy groups -OCH3 is 1. The average Bonchev–Trinajstić information content (AvgIpc) is 2.98. The Hall–Kier alpha value is -4.53. The number of aliphatic carboxylic acids is 1. The van der Waals surface area contributed by atoms with Crippen LogP contribution in [-0.2, 0) is 4.79 Å². The summed E-state index contributed by atoms with van der Waals surface area (Å²) in [4.78, 5) is 38.3. The molecule has 1 heterocycles. The smallest absolute Gasteiger partial charge is 0.328 e. The number of allylic oxidation sites excluding steroid dienone is 1. The van der Waals surface area contributed by atoms with E-state index in [9.17, 15) is 23.2 Å². The summed E-state index contributed by atoms with van der Waals surface area (Å²) < 4.78 is 34.8. The van der Waals surface area contributed by atoms with Crippen LogP contribution < -0.4 is 15.0 Å². The summed E-state index contributed by atoms with van der Waals surface area (Å²) in [5, 5.41) is 11.9. The Morgan fingerprint density at radius 1 is 1.00 bits per heavy atom. The highest BCUT2D eigenvalue weighted by Gasteiger charge is 2.41. The molecule has 2 amide bonds. The monoisotopic (exact) mass is 492 g/mol. The third-order valence-electron chi connectivity index (χ3n) is 5.76. The van der Waals surface area contributed by atoms with Crippen molar-refractivity contribution in [1.82, 2.24) is 0 Å². The topological polar surface area (TPSA) is 95.9 Å². The number of para-hydroxylation sites is 1. The number of alkyl halides is 2. The van der Waals surface area contributed by atoms with E-state index in [1.54, 1.807) is 42.5 Å². The van der Waals surface area contributed by atoms with Gasteiger partial charge < -0.3 is 20.1 Å². The van der Waals surface area contributed by atoms with Gasteiger partial charge in [-0.15, -0.1) is 0 Å². The molecule has 1 aliphatic rings. The lowest BCUT2D eigenvalue weighted by Crippen LogP contribution is -2.33. The molecule has 184 valence electrons. The van der Waals surface area contributed by atoms with Crippen molar-refractivity contribution in [2.45, 2.75) is 12.3 Å². The second-order valence-electron chi connectivity index (χ2n) is 8.09. The number of carboxylic acid groups (broad SMARTS) is 1. The third-order valence-corrected chi connectivity index (χ3v) is 5.76. The summed E-state index contributed by atoms with van der Waals surface area (Å²) >= 11 is 0. The fourth-order valence-corrected chi connectivity index (χ4v) is 3.98. The van der Waals surface area contributed by atoms with Gasteiger partial charge in [-0.2, -0.15) is 0 Å². The number of nitrogens with one attached hydrogen (secondary N) is 1. The molecule has 0 atom stereocenters. The van der Waals surface area contributed by atoms with Gasteiger partial charge in [-0.3, -0.25) is 9.59 Å². The van der Waals surface area contributed by atoms with Gasteiger partial charge in [0, 0.05) is 47.0 Å². The first-order chi connectivity index (χ1) is 17.2. The van der Waals surface area contributed by atoms with Crippen molar-refractivity contribution in [3.05, 3.63) is 95.6 Å². The molecule has 0 aromatic heterocycles. The highest BCUT2D eigenvalue weighted by atomic mass is 19.3. The van der Waals surface area contributed by atoms with Crippen LogP contribution in [0.1, 0.15) is 32.7 Å². The molecule has 0 bridgehead atoms. The highest BCUT2D eigenvalue weighted by molar-refractivity contribution is 6.09. The first-order valence-corrected chi connectivity index (χ1v) is 11.0. The Bertz CT molecular complexity index is 1350. The lowest BCUT2D eigenvalue weighted by molar-refractivity contribution is -0.131. The molecule has 36 heavy (non-hydrogen) atoms. The largest absolute Gasteiger partial charge is 0.497 e. The number of fused-ring (bicyclic) bond motifs is 1. The zero-order valence-corrected chi connectivity index (χ0v) is 19.2. The summed E-state index contributed by atoms with van der Waals surface area (Å²) in [5.41, 5.74) is 0.589. The van der Waals surface area contributed by atoms with Crippen molar-refractivity contribution in [2.75, 3.05) is 23.9 Å². The van der Waals surface area contributed by atoms with E-state index >= 15 is 0 Å². The highest BCUT2D eigenvalue weighted by Crippen LogP contribution is 2.43. The van der Waals surface area contributed by atoms with E-state index in [1.165, 1.54) is 42.3 Å². The van der Waals surface area contributed by atoms with E-state index in [1.807, 2.05) is 0 Å². The van der Waals surface area contributed by atoms with Crippen LogP contribution >= 0.6 is 0 Å². The predicted octanol–water partition coefficient (Wildman–Crippen LogP) is 5.10. The Balaban J connectivity index is 1.59. The van der Waals surface area contributed by atoms with E-state index in [0.29, 0.717) is 23.1 Å². The SMILES string of the molecule is COc1cccc(C(=O)Nc2ccc(C(=O)N3CCC(F)(F)/C(=C\C(=O)O)c4ccccc43)cc2)c1. The molecule has 0 radical (unpaired) electrons. The quantitative estimate of drug-likeness (QED) is 0.483. The molecule has 1 aliphatic heterocycles. The Labute approximate surface area is 205 Å². The minimum absolute atomic E-state index is 0.0158. The predicted molar refractivity (Wildman–Crippen MR) is 131 cm³/mol. The first-order valence-electron chi connectivity index (χ1n) is 11.0. The van der Waals surface area contributed by atoms with Gasteiger partial charge in [0.05, 0.1) is 12.8 Å². The Kier molecular flexibility index (Phi) is 6.82. The number of hydrogen-bond acceptors (Lipinski definition) is 4. The minimum atomic E-state index is -3.43. The molecule has 2 N–H and O–H groups in total. The number of anilines is 2. The molecular formula is C27H22F2N2O5. The second-order valence-corrected chi connectivity index (χ2v) is 8.09. The first kappa shape index (κ1) is 24.6. The van der Waals surface area contributed by atoms with Crippen LogP contribution in [0.4, 0.5) is 20.2 Å². The summed E-state index contributed by atoms with van der Waals surface area (Å²) in [6.45, 7) is -0.311.